The number of hydrogen-bond acceptors (Lipinski definition) is 2. The third kappa shape index (κ3) is 2.03. The molecule has 118 valence electrons. The van der Waals surface area contributed by atoms with E-state index in [9.17, 15) is 0 Å². The Kier molecular flexibility index (Phi) is 3.08. The van der Waals surface area contributed by atoms with Gasteiger partial charge < -0.3 is 4.84 Å². The van der Waals surface area contributed by atoms with Gasteiger partial charge in [-0.2, -0.15) is 0 Å². The first-order chi connectivity index (χ1) is 11.9. The number of rotatable bonds is 1. The second kappa shape index (κ2) is 5.41. The molecule has 3 aliphatic rings. The first-order valence-electron chi connectivity index (χ1n) is 8.64. The fourth-order valence-corrected chi connectivity index (χ4v) is 4.21. The van der Waals surface area contributed by atoms with E-state index in [1.54, 1.807) is 11.8 Å². The van der Waals surface area contributed by atoms with E-state index in [1.807, 2.05) is 6.08 Å². The fourth-order valence-electron chi connectivity index (χ4n) is 4.21. The van der Waals surface area contributed by atoms with Crippen molar-refractivity contribution >= 4 is 5.57 Å². The molecule has 1 heterocycles. The summed E-state index contributed by atoms with van der Waals surface area (Å²) in [7, 11) is 0. The molecular weight excluding hydrogens is 294 g/mol. The molecule has 0 saturated heterocycles. The van der Waals surface area contributed by atoms with Crippen molar-refractivity contribution in [2.24, 2.45) is 0 Å². The van der Waals surface area contributed by atoms with Crippen LogP contribution in [0.3, 0.4) is 0 Å². The van der Waals surface area contributed by atoms with Crippen molar-refractivity contribution in [1.29, 1.82) is 0 Å². The zero-order valence-corrected chi connectivity index (χ0v) is 13.5. The minimum absolute atomic E-state index is 1.05. The van der Waals surface area contributed by atoms with Crippen LogP contribution in [-0.2, 0) is 24.1 Å². The zero-order chi connectivity index (χ0) is 15.9. The van der Waals surface area contributed by atoms with Crippen molar-refractivity contribution in [3.05, 3.63) is 88.8 Å². The lowest BCUT2D eigenvalue weighted by Gasteiger charge is -2.28. The van der Waals surface area contributed by atoms with Crippen molar-refractivity contribution in [2.75, 3.05) is 0 Å². The molecule has 0 spiro atoms. The molecule has 2 aromatic carbocycles. The molecule has 0 saturated carbocycles. The molecule has 0 amide bonds. The van der Waals surface area contributed by atoms with Crippen LogP contribution in [0.15, 0.2) is 66.6 Å². The molecule has 5 rings (SSSR count). The van der Waals surface area contributed by atoms with Gasteiger partial charge in [-0.25, -0.2) is 5.48 Å². The van der Waals surface area contributed by atoms with Gasteiger partial charge >= 0.3 is 0 Å². The fraction of sp³-hybridized carbons (Fsp3) is 0.182. The molecule has 0 aromatic heterocycles. The van der Waals surface area contributed by atoms with Crippen LogP contribution in [0, 0.1) is 0 Å². The van der Waals surface area contributed by atoms with Gasteiger partial charge in [0.2, 0.25) is 0 Å². The Hall–Kier alpha value is -2.74. The van der Waals surface area contributed by atoms with E-state index in [-0.39, 0.29) is 0 Å². The van der Waals surface area contributed by atoms with Gasteiger partial charge in [-0.1, -0.05) is 42.5 Å². The largest absolute Gasteiger partial charge is 0.390 e. The monoisotopic (exact) mass is 313 g/mol. The van der Waals surface area contributed by atoms with E-state index in [0.717, 1.165) is 31.4 Å². The molecule has 0 atom stereocenters. The molecule has 0 bridgehead atoms. The van der Waals surface area contributed by atoms with Gasteiger partial charge in [0, 0.05) is 5.57 Å². The lowest BCUT2D eigenvalue weighted by atomic mass is 9.77. The van der Waals surface area contributed by atoms with Gasteiger partial charge in [-0.15, -0.1) is 0 Å². The summed E-state index contributed by atoms with van der Waals surface area (Å²) in [5.41, 5.74) is 14.1. The van der Waals surface area contributed by atoms with Crippen molar-refractivity contribution in [3.8, 4) is 11.1 Å². The van der Waals surface area contributed by atoms with Crippen LogP contribution >= 0.6 is 0 Å². The third-order valence-electron chi connectivity index (χ3n) is 5.28. The number of aryl methyl sites for hydroxylation is 1. The van der Waals surface area contributed by atoms with Gasteiger partial charge in [0.25, 0.3) is 0 Å². The maximum Gasteiger partial charge on any atom is 0.119 e. The molecule has 2 aliphatic carbocycles. The minimum atomic E-state index is 1.05. The molecule has 0 unspecified atom stereocenters. The minimum Gasteiger partial charge on any atom is -0.390 e. The summed E-state index contributed by atoms with van der Waals surface area (Å²) >= 11 is 0. The Morgan fingerprint density at radius 3 is 2.62 bits per heavy atom. The highest BCUT2D eigenvalue weighted by atomic mass is 16.6. The number of nitrogens with one attached hydrogen (secondary N) is 1. The van der Waals surface area contributed by atoms with E-state index < -0.39 is 0 Å². The maximum atomic E-state index is 5.27. The standard InChI is InChI=1S/C22H19NO/c1-2-6-16-15(5-1)10-11-19-17-7-3-8-21(20(17)13-12-18(16)19)22-9-4-14-24-23-22/h1-2,4-6,8-9,12-14,23H,3,7,10-11H2. The predicted molar refractivity (Wildman–Crippen MR) is 97.0 cm³/mol. The lowest BCUT2D eigenvalue weighted by Crippen LogP contribution is -2.18. The van der Waals surface area contributed by atoms with Gasteiger partial charge in [0.05, 0.1) is 5.70 Å². The number of fused-ring (bicyclic) bond motifs is 5. The average Bonchev–Trinajstić information content (AvgIpc) is 2.67. The Morgan fingerprint density at radius 1 is 0.833 bits per heavy atom. The maximum absolute atomic E-state index is 5.27. The molecular formula is C22H19NO. The van der Waals surface area contributed by atoms with Gasteiger partial charge in [0.15, 0.2) is 0 Å². The highest BCUT2D eigenvalue weighted by Crippen LogP contribution is 2.41. The van der Waals surface area contributed by atoms with E-state index in [0.29, 0.717) is 0 Å². The van der Waals surface area contributed by atoms with Crippen LogP contribution < -0.4 is 5.48 Å². The van der Waals surface area contributed by atoms with Gasteiger partial charge in [-0.05, 0) is 71.2 Å². The number of hydroxylamine groups is 1. The average molecular weight is 313 g/mol. The number of hydrogen-bond donors (Lipinski definition) is 1. The van der Waals surface area contributed by atoms with Crippen LogP contribution in [-0.4, -0.2) is 0 Å². The highest BCUT2D eigenvalue weighted by Gasteiger charge is 2.24. The molecule has 2 nitrogen and oxygen atoms in total. The molecule has 1 N–H and O–H groups in total. The number of benzene rings is 2. The second-order valence-corrected chi connectivity index (χ2v) is 6.56. The Labute approximate surface area is 142 Å². The Morgan fingerprint density at radius 2 is 1.71 bits per heavy atom. The first-order valence-corrected chi connectivity index (χ1v) is 8.64. The molecule has 2 aromatic rings. The smallest absolute Gasteiger partial charge is 0.119 e. The summed E-state index contributed by atoms with van der Waals surface area (Å²) in [6.07, 6.45) is 12.5. The van der Waals surface area contributed by atoms with Crippen LogP contribution in [0.25, 0.3) is 16.7 Å². The molecule has 0 radical (unpaired) electrons. The summed E-state index contributed by atoms with van der Waals surface area (Å²) in [5, 5.41) is 0. The molecule has 2 heteroatoms. The SMILES string of the molecule is C1=CONC(C2=CCCc3c2ccc2c3CCc3ccccc3-2)=C1. The molecule has 1 aliphatic heterocycles. The van der Waals surface area contributed by atoms with Crippen LogP contribution in [0.1, 0.15) is 28.7 Å². The number of allylic oxidation sites excluding steroid dienone is 4. The van der Waals surface area contributed by atoms with E-state index in [4.69, 9.17) is 4.84 Å². The van der Waals surface area contributed by atoms with Crippen LogP contribution in [0.2, 0.25) is 0 Å². The topological polar surface area (TPSA) is 21.3 Å². The summed E-state index contributed by atoms with van der Waals surface area (Å²) in [6.45, 7) is 0. The van der Waals surface area contributed by atoms with Crippen molar-refractivity contribution < 1.29 is 4.84 Å². The highest BCUT2D eigenvalue weighted by molar-refractivity contribution is 5.85. The van der Waals surface area contributed by atoms with Gasteiger partial charge in [-0.3, -0.25) is 0 Å². The van der Waals surface area contributed by atoms with Gasteiger partial charge in [0.1, 0.15) is 6.26 Å². The molecule has 0 fully saturated rings. The third-order valence-corrected chi connectivity index (χ3v) is 5.28. The summed E-state index contributed by atoms with van der Waals surface area (Å²) < 4.78 is 0. The normalized spacial score (nSPS) is 17.5. The molecule has 24 heavy (non-hydrogen) atoms. The van der Waals surface area contributed by atoms with E-state index in [2.05, 4.69) is 54.0 Å². The first kappa shape index (κ1) is 13.7. The van der Waals surface area contributed by atoms with Crippen LogP contribution in [0.4, 0.5) is 0 Å². The lowest BCUT2D eigenvalue weighted by molar-refractivity contribution is 0.164. The second-order valence-electron chi connectivity index (χ2n) is 6.56. The van der Waals surface area contributed by atoms with E-state index in [1.165, 1.54) is 33.4 Å². The quantitative estimate of drug-likeness (QED) is 0.823. The van der Waals surface area contributed by atoms with E-state index >= 15 is 0 Å². The van der Waals surface area contributed by atoms with Crippen molar-refractivity contribution in [2.45, 2.75) is 25.7 Å². The zero-order valence-electron chi connectivity index (χ0n) is 13.5. The Bertz CT molecular complexity index is 918. The van der Waals surface area contributed by atoms with Crippen LogP contribution in [0.5, 0.6) is 0 Å². The predicted octanol–water partition coefficient (Wildman–Crippen LogP) is 4.71. The summed E-state index contributed by atoms with van der Waals surface area (Å²) in [5.74, 6) is 0. The van der Waals surface area contributed by atoms with Crippen molar-refractivity contribution in [1.82, 2.24) is 5.48 Å². The Balaban J connectivity index is 1.66. The van der Waals surface area contributed by atoms with Crippen molar-refractivity contribution in [3.63, 3.8) is 0 Å². The summed E-state index contributed by atoms with van der Waals surface area (Å²) in [4.78, 5) is 5.27. The summed E-state index contributed by atoms with van der Waals surface area (Å²) in [6, 6.07) is 13.4.